The zero-order valence-electron chi connectivity index (χ0n) is 14.8. The summed E-state index contributed by atoms with van der Waals surface area (Å²) in [6.45, 7) is 8.90. The third-order valence-corrected chi connectivity index (χ3v) is 3.01. The van der Waals surface area contributed by atoms with Crippen LogP contribution in [-0.2, 0) is 19.0 Å². The van der Waals surface area contributed by atoms with Crippen LogP contribution in [0.15, 0.2) is 11.8 Å². The van der Waals surface area contributed by atoms with E-state index in [1.54, 1.807) is 34.6 Å². The average Bonchev–Trinajstić information content (AvgIpc) is 2.44. The van der Waals surface area contributed by atoms with Gasteiger partial charge in [-0.3, -0.25) is 4.79 Å². The molecule has 1 rings (SSSR count). The molecule has 0 radical (unpaired) electrons. The molecule has 8 heteroatoms. The molecule has 0 fully saturated rings. The van der Waals surface area contributed by atoms with Crippen LogP contribution in [0.2, 0.25) is 0 Å². The zero-order valence-corrected chi connectivity index (χ0v) is 14.8. The number of nitrogens with zero attached hydrogens (tertiary/aromatic N) is 1. The predicted molar refractivity (Wildman–Crippen MR) is 85.9 cm³/mol. The molecular formula is C16H26N2O6. The first kappa shape index (κ1) is 19.8. The summed E-state index contributed by atoms with van der Waals surface area (Å²) in [6, 6.07) is -0.631. The molecule has 0 aliphatic heterocycles. The number of carbonyl (C=O) groups excluding carboxylic acids is 3. The van der Waals surface area contributed by atoms with Gasteiger partial charge in [-0.2, -0.15) is 0 Å². The Kier molecular flexibility index (Phi) is 7.54. The molecule has 0 spiro atoms. The van der Waals surface area contributed by atoms with E-state index in [1.807, 2.05) is 0 Å². The molecule has 1 aliphatic carbocycles. The van der Waals surface area contributed by atoms with Crippen molar-refractivity contribution >= 4 is 18.0 Å². The molecule has 0 saturated heterocycles. The summed E-state index contributed by atoms with van der Waals surface area (Å²) in [4.78, 5) is 35.9. The van der Waals surface area contributed by atoms with E-state index >= 15 is 0 Å². The van der Waals surface area contributed by atoms with E-state index in [2.05, 4.69) is 5.43 Å². The van der Waals surface area contributed by atoms with E-state index < -0.39 is 18.2 Å². The minimum atomic E-state index is -0.779. The minimum absolute atomic E-state index is 0.0865. The Bertz CT molecular complexity index is 501. The standard InChI is InChI=1S/C16H26N2O6/c1-6-22-14-9-12(19)7-8-13(14)18(16(21)24-11(4)5)17-15(20)23-10(2)3/h9-11,13H,6-8H2,1-5H3,(H,17,20). The van der Waals surface area contributed by atoms with Crippen LogP contribution in [0.5, 0.6) is 0 Å². The van der Waals surface area contributed by atoms with Crippen LogP contribution < -0.4 is 5.43 Å². The summed E-state index contributed by atoms with van der Waals surface area (Å²) in [5, 5.41) is 1.03. The Morgan fingerprint density at radius 2 is 1.88 bits per heavy atom. The number of hydrazine groups is 1. The lowest BCUT2D eigenvalue weighted by atomic mass is 9.99. The van der Waals surface area contributed by atoms with Gasteiger partial charge in [0.05, 0.1) is 18.8 Å². The Balaban J connectivity index is 3.01. The highest BCUT2D eigenvalue weighted by atomic mass is 16.6. The van der Waals surface area contributed by atoms with Crippen LogP contribution in [0.4, 0.5) is 9.59 Å². The first-order chi connectivity index (χ1) is 11.2. The summed E-state index contributed by atoms with van der Waals surface area (Å²) < 4.78 is 15.7. The maximum Gasteiger partial charge on any atom is 0.429 e. The smallest absolute Gasteiger partial charge is 0.429 e. The van der Waals surface area contributed by atoms with Gasteiger partial charge in [0.15, 0.2) is 5.78 Å². The van der Waals surface area contributed by atoms with E-state index in [0.29, 0.717) is 18.8 Å². The number of carbonyl (C=O) groups is 3. The van der Waals surface area contributed by atoms with Gasteiger partial charge in [0.2, 0.25) is 0 Å². The third-order valence-electron chi connectivity index (χ3n) is 3.01. The molecule has 0 aromatic heterocycles. The molecule has 1 N–H and O–H groups in total. The van der Waals surface area contributed by atoms with Crippen molar-refractivity contribution in [1.82, 2.24) is 10.4 Å². The highest BCUT2D eigenvalue weighted by Crippen LogP contribution is 2.23. The van der Waals surface area contributed by atoms with Crippen LogP contribution in [0.3, 0.4) is 0 Å². The first-order valence-corrected chi connectivity index (χ1v) is 8.08. The lowest BCUT2D eigenvalue weighted by Gasteiger charge is -2.33. The number of nitrogens with one attached hydrogen (secondary N) is 1. The van der Waals surface area contributed by atoms with Gasteiger partial charge < -0.3 is 14.2 Å². The van der Waals surface area contributed by atoms with E-state index in [1.165, 1.54) is 6.08 Å². The van der Waals surface area contributed by atoms with Crippen molar-refractivity contribution in [1.29, 1.82) is 0 Å². The number of ketones is 1. The molecule has 8 nitrogen and oxygen atoms in total. The average molecular weight is 342 g/mol. The second-order valence-electron chi connectivity index (χ2n) is 5.87. The second kappa shape index (κ2) is 9.14. The number of hydrogen-bond donors (Lipinski definition) is 1. The van der Waals surface area contributed by atoms with Crippen molar-refractivity contribution in [3.63, 3.8) is 0 Å². The number of ether oxygens (including phenoxy) is 3. The minimum Gasteiger partial charge on any atom is -0.496 e. The lowest BCUT2D eigenvalue weighted by molar-refractivity contribution is -0.116. The fraction of sp³-hybridized carbons (Fsp3) is 0.688. The number of hydrogen-bond acceptors (Lipinski definition) is 6. The number of rotatable bonds is 5. The molecule has 0 aromatic carbocycles. The summed E-state index contributed by atoms with van der Waals surface area (Å²) in [5.74, 6) is 0.232. The Labute approximate surface area is 142 Å². The fourth-order valence-electron chi connectivity index (χ4n) is 2.16. The van der Waals surface area contributed by atoms with Gasteiger partial charge in [0.25, 0.3) is 0 Å². The summed E-state index contributed by atoms with van der Waals surface area (Å²) in [5.41, 5.74) is 2.39. The van der Waals surface area contributed by atoms with E-state index in [4.69, 9.17) is 14.2 Å². The number of amides is 2. The van der Waals surface area contributed by atoms with Crippen molar-refractivity contribution < 1.29 is 28.6 Å². The maximum atomic E-state index is 12.4. The van der Waals surface area contributed by atoms with Gasteiger partial charge in [0.1, 0.15) is 11.8 Å². The Hall–Kier alpha value is -2.25. The van der Waals surface area contributed by atoms with Crippen molar-refractivity contribution in [3.05, 3.63) is 11.8 Å². The Morgan fingerprint density at radius 3 is 2.42 bits per heavy atom. The number of allylic oxidation sites excluding steroid dienone is 1. The maximum absolute atomic E-state index is 12.4. The Morgan fingerprint density at radius 1 is 1.25 bits per heavy atom. The fourth-order valence-corrected chi connectivity index (χ4v) is 2.16. The van der Waals surface area contributed by atoms with Crippen LogP contribution in [-0.4, -0.2) is 47.8 Å². The van der Waals surface area contributed by atoms with Gasteiger partial charge in [-0.25, -0.2) is 20.0 Å². The zero-order chi connectivity index (χ0) is 18.3. The topological polar surface area (TPSA) is 94.2 Å². The van der Waals surface area contributed by atoms with Gasteiger partial charge in [-0.05, 0) is 41.0 Å². The van der Waals surface area contributed by atoms with Crippen LogP contribution >= 0.6 is 0 Å². The molecule has 0 bridgehead atoms. The molecule has 0 saturated carbocycles. The summed E-state index contributed by atoms with van der Waals surface area (Å²) in [7, 11) is 0. The summed E-state index contributed by atoms with van der Waals surface area (Å²) >= 11 is 0. The van der Waals surface area contributed by atoms with Gasteiger partial charge >= 0.3 is 12.2 Å². The van der Waals surface area contributed by atoms with Gasteiger partial charge in [-0.15, -0.1) is 0 Å². The van der Waals surface area contributed by atoms with Crippen molar-refractivity contribution in [3.8, 4) is 0 Å². The van der Waals surface area contributed by atoms with Crippen LogP contribution in [0.1, 0.15) is 47.5 Å². The molecule has 1 unspecified atom stereocenters. The molecule has 2 amide bonds. The van der Waals surface area contributed by atoms with Crippen LogP contribution in [0.25, 0.3) is 0 Å². The molecule has 0 heterocycles. The first-order valence-electron chi connectivity index (χ1n) is 8.08. The van der Waals surface area contributed by atoms with Gasteiger partial charge in [-0.1, -0.05) is 0 Å². The van der Waals surface area contributed by atoms with Gasteiger partial charge in [0, 0.05) is 12.5 Å². The molecule has 1 aliphatic rings. The SMILES string of the molecule is CCOC1=CC(=O)CCC1N(NC(=O)OC(C)C)C(=O)OC(C)C. The monoisotopic (exact) mass is 342 g/mol. The van der Waals surface area contributed by atoms with Crippen molar-refractivity contribution in [2.24, 2.45) is 0 Å². The predicted octanol–water partition coefficient (Wildman–Crippen LogP) is 2.53. The molecule has 0 aromatic rings. The quantitative estimate of drug-likeness (QED) is 0.772. The van der Waals surface area contributed by atoms with E-state index in [9.17, 15) is 14.4 Å². The highest BCUT2D eigenvalue weighted by molar-refractivity contribution is 5.91. The molecule has 24 heavy (non-hydrogen) atoms. The van der Waals surface area contributed by atoms with E-state index in [0.717, 1.165) is 5.01 Å². The summed E-state index contributed by atoms with van der Waals surface area (Å²) in [6.07, 6.45) is -0.319. The molecule has 136 valence electrons. The van der Waals surface area contributed by atoms with Crippen LogP contribution in [0, 0.1) is 0 Å². The lowest BCUT2D eigenvalue weighted by Crippen LogP contribution is -2.54. The third kappa shape index (κ3) is 6.10. The van der Waals surface area contributed by atoms with E-state index in [-0.39, 0.29) is 24.4 Å². The van der Waals surface area contributed by atoms with Crippen molar-refractivity contribution in [2.45, 2.75) is 65.7 Å². The van der Waals surface area contributed by atoms with Crippen molar-refractivity contribution in [2.75, 3.05) is 6.61 Å². The second-order valence-corrected chi connectivity index (χ2v) is 5.87. The molecular weight excluding hydrogens is 316 g/mol. The molecule has 1 atom stereocenters. The normalized spacial score (nSPS) is 17.4. The highest BCUT2D eigenvalue weighted by Gasteiger charge is 2.35. The largest absolute Gasteiger partial charge is 0.496 e.